The van der Waals surface area contributed by atoms with E-state index in [0.29, 0.717) is 12.0 Å². The van der Waals surface area contributed by atoms with Crippen LogP contribution < -0.4 is 10.6 Å². The summed E-state index contributed by atoms with van der Waals surface area (Å²) in [5.41, 5.74) is 10.3. The molecule has 0 amide bonds. The first kappa shape index (κ1) is 12.0. The van der Waals surface area contributed by atoms with E-state index in [1.54, 1.807) is 0 Å². The molecule has 2 atom stereocenters. The van der Waals surface area contributed by atoms with Crippen LogP contribution in [0.3, 0.4) is 0 Å². The molecular formula is C15H23N3. The lowest BCUT2D eigenvalue weighted by atomic mass is 9.92. The summed E-state index contributed by atoms with van der Waals surface area (Å²) in [7, 11) is 4.40. The Morgan fingerprint density at radius 1 is 1.28 bits per heavy atom. The van der Waals surface area contributed by atoms with Gasteiger partial charge in [0.15, 0.2) is 0 Å². The number of rotatable bonds is 2. The van der Waals surface area contributed by atoms with E-state index >= 15 is 0 Å². The Morgan fingerprint density at radius 2 is 2.11 bits per heavy atom. The summed E-state index contributed by atoms with van der Waals surface area (Å²) >= 11 is 0. The zero-order valence-corrected chi connectivity index (χ0v) is 11.4. The van der Waals surface area contributed by atoms with E-state index in [2.05, 4.69) is 42.1 Å². The first-order valence-corrected chi connectivity index (χ1v) is 6.95. The molecule has 1 saturated heterocycles. The Labute approximate surface area is 110 Å². The summed E-state index contributed by atoms with van der Waals surface area (Å²) in [6.07, 6.45) is 2.41. The highest BCUT2D eigenvalue weighted by Crippen LogP contribution is 2.38. The monoisotopic (exact) mass is 245 g/mol. The van der Waals surface area contributed by atoms with Crippen molar-refractivity contribution in [2.24, 2.45) is 11.7 Å². The van der Waals surface area contributed by atoms with Crippen LogP contribution in [0.25, 0.3) is 0 Å². The zero-order valence-electron chi connectivity index (χ0n) is 11.4. The van der Waals surface area contributed by atoms with Crippen molar-refractivity contribution in [2.45, 2.75) is 18.9 Å². The third-order valence-electron chi connectivity index (χ3n) is 4.65. The molecule has 0 radical (unpaired) electrons. The van der Waals surface area contributed by atoms with E-state index in [-0.39, 0.29) is 0 Å². The van der Waals surface area contributed by atoms with Crippen LogP contribution in [0.5, 0.6) is 0 Å². The first-order valence-electron chi connectivity index (χ1n) is 6.95. The fourth-order valence-electron chi connectivity index (χ4n) is 3.57. The molecule has 2 aliphatic rings. The van der Waals surface area contributed by atoms with E-state index in [1.807, 2.05) is 0 Å². The Kier molecular flexibility index (Phi) is 3.04. The lowest BCUT2D eigenvalue weighted by Gasteiger charge is -2.25. The largest absolute Gasteiger partial charge is 0.374 e. The van der Waals surface area contributed by atoms with Gasteiger partial charge in [0.2, 0.25) is 0 Å². The lowest BCUT2D eigenvalue weighted by Crippen LogP contribution is -2.25. The molecular weight excluding hydrogens is 222 g/mol. The van der Waals surface area contributed by atoms with Crippen molar-refractivity contribution < 1.29 is 0 Å². The van der Waals surface area contributed by atoms with Gasteiger partial charge in [0, 0.05) is 25.3 Å². The summed E-state index contributed by atoms with van der Waals surface area (Å²) in [6.45, 7) is 3.12. The van der Waals surface area contributed by atoms with Crippen molar-refractivity contribution in [1.82, 2.24) is 4.90 Å². The number of benzene rings is 1. The van der Waals surface area contributed by atoms with Gasteiger partial charge >= 0.3 is 0 Å². The SMILES string of the molecule is CN1CCc2cc(C3C(CN)CCN3C)ccc21. The van der Waals surface area contributed by atoms with Gasteiger partial charge in [-0.25, -0.2) is 0 Å². The van der Waals surface area contributed by atoms with E-state index in [9.17, 15) is 0 Å². The fourth-order valence-corrected chi connectivity index (χ4v) is 3.57. The molecule has 2 N–H and O–H groups in total. The average Bonchev–Trinajstić information content (AvgIpc) is 2.93. The Balaban J connectivity index is 1.93. The van der Waals surface area contributed by atoms with Crippen molar-refractivity contribution in [1.29, 1.82) is 0 Å². The van der Waals surface area contributed by atoms with Gasteiger partial charge in [0.05, 0.1) is 0 Å². The Hall–Kier alpha value is -1.06. The molecule has 0 spiro atoms. The van der Waals surface area contributed by atoms with Crippen molar-refractivity contribution in [3.05, 3.63) is 29.3 Å². The summed E-state index contributed by atoms with van der Waals surface area (Å²) in [4.78, 5) is 4.80. The second-order valence-corrected chi connectivity index (χ2v) is 5.77. The molecule has 18 heavy (non-hydrogen) atoms. The molecule has 2 aliphatic heterocycles. The molecule has 1 aromatic rings. The highest BCUT2D eigenvalue weighted by Gasteiger charge is 2.32. The van der Waals surface area contributed by atoms with Gasteiger partial charge in [-0.15, -0.1) is 0 Å². The van der Waals surface area contributed by atoms with E-state index in [4.69, 9.17) is 5.73 Å². The summed E-state index contributed by atoms with van der Waals surface area (Å²) in [5.74, 6) is 0.618. The minimum atomic E-state index is 0.520. The van der Waals surface area contributed by atoms with Crippen LogP contribution in [-0.4, -0.2) is 38.6 Å². The van der Waals surface area contributed by atoms with E-state index in [1.165, 1.54) is 36.2 Å². The van der Waals surface area contributed by atoms with Crippen molar-refractivity contribution in [3.63, 3.8) is 0 Å². The standard InChI is InChI=1S/C15H23N3/c1-17-7-5-11-9-12(3-4-14(11)17)15-13(10-16)6-8-18(15)2/h3-4,9,13,15H,5-8,10,16H2,1-2H3. The molecule has 3 rings (SSSR count). The maximum atomic E-state index is 5.92. The van der Waals surface area contributed by atoms with Gasteiger partial charge < -0.3 is 10.6 Å². The van der Waals surface area contributed by atoms with Gasteiger partial charge in [0.1, 0.15) is 0 Å². The van der Waals surface area contributed by atoms with Crippen molar-refractivity contribution >= 4 is 5.69 Å². The van der Waals surface area contributed by atoms with Gasteiger partial charge in [0.25, 0.3) is 0 Å². The molecule has 2 heterocycles. The van der Waals surface area contributed by atoms with Crippen LogP contribution >= 0.6 is 0 Å². The molecule has 1 aromatic carbocycles. The minimum absolute atomic E-state index is 0.520. The van der Waals surface area contributed by atoms with Crippen LogP contribution in [0.4, 0.5) is 5.69 Å². The van der Waals surface area contributed by atoms with Crippen LogP contribution in [0.1, 0.15) is 23.6 Å². The third-order valence-corrected chi connectivity index (χ3v) is 4.65. The summed E-state index contributed by atoms with van der Waals surface area (Å²) < 4.78 is 0. The molecule has 2 unspecified atom stereocenters. The number of nitrogens with zero attached hydrogens (tertiary/aromatic N) is 2. The number of anilines is 1. The molecule has 3 nitrogen and oxygen atoms in total. The maximum Gasteiger partial charge on any atom is 0.0397 e. The predicted molar refractivity (Wildman–Crippen MR) is 75.9 cm³/mol. The Bertz CT molecular complexity index is 443. The molecule has 1 fully saturated rings. The van der Waals surface area contributed by atoms with Crippen LogP contribution in [-0.2, 0) is 6.42 Å². The second kappa shape index (κ2) is 4.56. The maximum absolute atomic E-state index is 5.92. The molecule has 3 heteroatoms. The van der Waals surface area contributed by atoms with Crippen LogP contribution in [0.15, 0.2) is 18.2 Å². The minimum Gasteiger partial charge on any atom is -0.374 e. The number of likely N-dealkylation sites (N-methyl/N-ethyl adjacent to an activating group) is 1. The van der Waals surface area contributed by atoms with Gasteiger partial charge in [-0.1, -0.05) is 12.1 Å². The molecule has 0 aromatic heterocycles. The number of likely N-dealkylation sites (tertiary alicyclic amines) is 1. The normalized spacial score (nSPS) is 27.8. The van der Waals surface area contributed by atoms with E-state index in [0.717, 1.165) is 13.1 Å². The topological polar surface area (TPSA) is 32.5 Å². The fraction of sp³-hybridized carbons (Fsp3) is 0.600. The summed E-state index contributed by atoms with van der Waals surface area (Å²) in [6, 6.07) is 7.52. The van der Waals surface area contributed by atoms with Crippen LogP contribution in [0.2, 0.25) is 0 Å². The lowest BCUT2D eigenvalue weighted by molar-refractivity contribution is 0.279. The second-order valence-electron chi connectivity index (χ2n) is 5.77. The van der Waals surface area contributed by atoms with Gasteiger partial charge in [-0.05, 0) is 56.1 Å². The van der Waals surface area contributed by atoms with Crippen molar-refractivity contribution in [3.8, 4) is 0 Å². The van der Waals surface area contributed by atoms with Gasteiger partial charge in [-0.2, -0.15) is 0 Å². The number of nitrogens with two attached hydrogens (primary N) is 1. The summed E-state index contributed by atoms with van der Waals surface area (Å²) in [5, 5.41) is 0. The van der Waals surface area contributed by atoms with Gasteiger partial charge in [-0.3, -0.25) is 4.90 Å². The van der Waals surface area contributed by atoms with Crippen LogP contribution in [0, 0.1) is 5.92 Å². The van der Waals surface area contributed by atoms with E-state index < -0.39 is 0 Å². The zero-order chi connectivity index (χ0) is 12.7. The number of fused-ring (bicyclic) bond motifs is 1. The molecule has 98 valence electrons. The highest BCUT2D eigenvalue weighted by atomic mass is 15.2. The smallest absolute Gasteiger partial charge is 0.0397 e. The quantitative estimate of drug-likeness (QED) is 0.859. The Morgan fingerprint density at radius 3 is 2.89 bits per heavy atom. The van der Waals surface area contributed by atoms with Crippen molar-refractivity contribution in [2.75, 3.05) is 38.6 Å². The molecule has 0 saturated carbocycles. The first-order chi connectivity index (χ1) is 8.70. The molecule has 0 aliphatic carbocycles. The number of hydrogen-bond acceptors (Lipinski definition) is 3. The number of hydrogen-bond donors (Lipinski definition) is 1. The molecule has 0 bridgehead atoms. The average molecular weight is 245 g/mol. The third kappa shape index (κ3) is 1.82. The predicted octanol–water partition coefficient (Wildman–Crippen LogP) is 1.63. The highest BCUT2D eigenvalue weighted by molar-refractivity contribution is 5.58.